The summed E-state index contributed by atoms with van der Waals surface area (Å²) >= 11 is 0. The first-order valence-electron chi connectivity index (χ1n) is 13.3. The van der Waals surface area contributed by atoms with Gasteiger partial charge in [-0.3, -0.25) is 9.59 Å². The average molecular weight is 471 g/mol. The van der Waals surface area contributed by atoms with Crippen LogP contribution in [-0.4, -0.2) is 48.6 Å². The van der Waals surface area contributed by atoms with Crippen LogP contribution in [0, 0.1) is 11.8 Å². The second-order valence-electron chi connectivity index (χ2n) is 11.0. The van der Waals surface area contributed by atoms with Crippen molar-refractivity contribution in [3.63, 3.8) is 0 Å². The molecule has 1 aromatic rings. The summed E-state index contributed by atoms with van der Waals surface area (Å²) in [6.07, 6.45) is 8.63. The van der Waals surface area contributed by atoms with Gasteiger partial charge in [0.1, 0.15) is 5.75 Å². The highest BCUT2D eigenvalue weighted by Crippen LogP contribution is 2.39. The second kappa shape index (κ2) is 11.1. The van der Waals surface area contributed by atoms with Crippen LogP contribution in [0.25, 0.3) is 0 Å². The fraction of sp³-hybridized carbons (Fsp3) is 0.714. The van der Waals surface area contributed by atoms with Crippen LogP contribution in [-0.2, 0) is 20.7 Å². The van der Waals surface area contributed by atoms with Gasteiger partial charge in [-0.2, -0.15) is 0 Å². The Morgan fingerprint density at radius 3 is 2.59 bits per heavy atom. The van der Waals surface area contributed by atoms with Crippen molar-refractivity contribution in [3.8, 4) is 5.75 Å². The maximum absolute atomic E-state index is 12.3. The van der Waals surface area contributed by atoms with Crippen molar-refractivity contribution < 1.29 is 19.1 Å². The summed E-state index contributed by atoms with van der Waals surface area (Å²) in [4.78, 5) is 27.1. The second-order valence-corrected chi connectivity index (χ2v) is 11.0. The molecule has 2 N–H and O–H groups in total. The van der Waals surface area contributed by atoms with Crippen LogP contribution < -0.4 is 10.5 Å². The van der Waals surface area contributed by atoms with Gasteiger partial charge in [0, 0.05) is 18.4 Å². The Kier molecular flexibility index (Phi) is 8.18. The predicted octanol–water partition coefficient (Wildman–Crippen LogP) is 4.58. The van der Waals surface area contributed by atoms with Gasteiger partial charge in [0.2, 0.25) is 0 Å². The van der Waals surface area contributed by atoms with Gasteiger partial charge in [0.05, 0.1) is 6.61 Å². The van der Waals surface area contributed by atoms with Crippen LogP contribution in [0.3, 0.4) is 0 Å². The molecule has 0 aromatic heterocycles. The Hall–Kier alpha value is -2.08. The number of esters is 1. The number of fused-ring (bicyclic) bond motifs is 1. The average Bonchev–Trinajstić information content (AvgIpc) is 3.32. The Bertz CT molecular complexity index is 852. The minimum absolute atomic E-state index is 0.288. The van der Waals surface area contributed by atoms with E-state index in [1.807, 2.05) is 0 Å². The summed E-state index contributed by atoms with van der Waals surface area (Å²) < 4.78 is 11.4. The molecule has 2 aliphatic heterocycles. The lowest BCUT2D eigenvalue weighted by Gasteiger charge is -2.38. The number of nitrogens with two attached hydrogens (primary N) is 1. The van der Waals surface area contributed by atoms with Crippen LogP contribution in [0.1, 0.15) is 88.7 Å². The van der Waals surface area contributed by atoms with Gasteiger partial charge in [-0.05, 0) is 100 Å². The number of rotatable bonds is 9. The van der Waals surface area contributed by atoms with Crippen molar-refractivity contribution in [1.82, 2.24) is 4.90 Å². The quantitative estimate of drug-likeness (QED) is 0.534. The molecule has 34 heavy (non-hydrogen) atoms. The number of piperidine rings is 1. The first-order chi connectivity index (χ1) is 16.4. The number of hydrogen-bond acceptors (Lipinski definition) is 5. The van der Waals surface area contributed by atoms with E-state index in [4.69, 9.17) is 15.2 Å². The number of benzene rings is 1. The first kappa shape index (κ1) is 25.0. The van der Waals surface area contributed by atoms with Crippen molar-refractivity contribution >= 4 is 11.9 Å². The third kappa shape index (κ3) is 5.94. The van der Waals surface area contributed by atoms with E-state index in [2.05, 4.69) is 36.9 Å². The minimum Gasteiger partial charge on any atom is -0.493 e. The largest absolute Gasteiger partial charge is 0.493 e. The summed E-state index contributed by atoms with van der Waals surface area (Å²) in [5.41, 5.74) is 7.55. The smallest absolute Gasteiger partial charge is 0.306 e. The number of nitrogens with zero attached hydrogens (tertiary/aromatic N) is 1. The molecular weight excluding hydrogens is 428 g/mol. The highest BCUT2D eigenvalue weighted by molar-refractivity contribution is 5.86. The fourth-order valence-corrected chi connectivity index (χ4v) is 5.97. The molecule has 1 aliphatic carbocycles. The lowest BCUT2D eigenvalue weighted by Crippen LogP contribution is -2.50. The molecule has 4 rings (SSSR count). The predicted molar refractivity (Wildman–Crippen MR) is 133 cm³/mol. The van der Waals surface area contributed by atoms with Gasteiger partial charge >= 0.3 is 5.97 Å². The number of carbonyl (C=O) groups excluding carboxylic acids is 2. The van der Waals surface area contributed by atoms with E-state index >= 15 is 0 Å². The molecule has 1 saturated heterocycles. The van der Waals surface area contributed by atoms with E-state index in [9.17, 15) is 9.59 Å². The van der Waals surface area contributed by atoms with Crippen LogP contribution in [0.4, 0.5) is 0 Å². The third-order valence-corrected chi connectivity index (χ3v) is 8.26. The molecule has 0 bridgehead atoms. The number of likely N-dealkylation sites (tertiary alicyclic amines) is 1. The maximum Gasteiger partial charge on any atom is 0.306 e. The Balaban J connectivity index is 1.20. The van der Waals surface area contributed by atoms with Crippen molar-refractivity contribution in [2.45, 2.75) is 89.6 Å². The van der Waals surface area contributed by atoms with E-state index in [1.165, 1.54) is 24.0 Å². The molecule has 0 atom stereocenters. The van der Waals surface area contributed by atoms with Crippen molar-refractivity contribution in [2.75, 3.05) is 26.2 Å². The monoisotopic (exact) mass is 470 g/mol. The molecule has 0 spiro atoms. The maximum atomic E-state index is 12.3. The van der Waals surface area contributed by atoms with E-state index in [0.717, 1.165) is 64.1 Å². The zero-order valence-electron chi connectivity index (χ0n) is 21.0. The number of ether oxygens (including phenoxy) is 2. The van der Waals surface area contributed by atoms with Gasteiger partial charge in [0.15, 0.2) is 5.60 Å². The van der Waals surface area contributed by atoms with Crippen molar-refractivity contribution in [2.24, 2.45) is 17.6 Å². The Labute approximate surface area is 204 Å². The summed E-state index contributed by atoms with van der Waals surface area (Å²) in [6.45, 7) is 8.35. The number of hydrogen-bond donors (Lipinski definition) is 1. The van der Waals surface area contributed by atoms with Crippen molar-refractivity contribution in [1.29, 1.82) is 0 Å². The zero-order valence-corrected chi connectivity index (χ0v) is 21.0. The highest BCUT2D eigenvalue weighted by Gasteiger charge is 2.44. The molecule has 2 heterocycles. The minimum atomic E-state index is -1.09. The van der Waals surface area contributed by atoms with E-state index < -0.39 is 11.5 Å². The van der Waals surface area contributed by atoms with Crippen LogP contribution in [0.15, 0.2) is 18.2 Å². The molecule has 1 saturated carbocycles. The van der Waals surface area contributed by atoms with E-state index in [1.54, 1.807) is 0 Å². The molecular formula is C28H42N2O4. The number of primary amides is 1. The molecule has 1 amide bonds. The normalized spacial score (nSPS) is 25.7. The van der Waals surface area contributed by atoms with Gasteiger partial charge in [0.25, 0.3) is 5.91 Å². The highest BCUT2D eigenvalue weighted by atomic mass is 16.6. The third-order valence-electron chi connectivity index (χ3n) is 8.26. The Morgan fingerprint density at radius 1 is 1.18 bits per heavy atom. The molecule has 0 radical (unpaired) electrons. The first-order valence-corrected chi connectivity index (χ1v) is 13.3. The summed E-state index contributed by atoms with van der Waals surface area (Å²) in [5, 5.41) is 0. The molecule has 0 unspecified atom stereocenters. The summed E-state index contributed by atoms with van der Waals surface area (Å²) in [7, 11) is 0. The lowest BCUT2D eigenvalue weighted by molar-refractivity contribution is -0.172. The molecule has 188 valence electrons. The standard InChI is InChI=1S/C28H42N2O4/c1-20(2)6-7-26(31)34-28(27(29)32)14-8-21(9-15-28)10-16-30-17-11-22(12-18-30)23-4-3-5-25-24(23)13-19-33-25/h3-5,20-22H,6-19H2,1-2H3,(H2,29,32). The van der Waals surface area contributed by atoms with Crippen LogP contribution >= 0.6 is 0 Å². The molecule has 3 aliphatic rings. The zero-order chi connectivity index (χ0) is 24.1. The van der Waals surface area contributed by atoms with Crippen LogP contribution in [0.2, 0.25) is 0 Å². The summed E-state index contributed by atoms with van der Waals surface area (Å²) in [6, 6.07) is 6.55. The fourth-order valence-electron chi connectivity index (χ4n) is 5.97. The van der Waals surface area contributed by atoms with Gasteiger partial charge < -0.3 is 20.1 Å². The topological polar surface area (TPSA) is 81.9 Å². The number of amides is 1. The molecule has 2 fully saturated rings. The Morgan fingerprint density at radius 2 is 1.91 bits per heavy atom. The van der Waals surface area contributed by atoms with Crippen molar-refractivity contribution in [3.05, 3.63) is 29.3 Å². The lowest BCUT2D eigenvalue weighted by atomic mass is 9.76. The van der Waals surface area contributed by atoms with E-state index in [-0.39, 0.29) is 5.97 Å². The molecule has 1 aromatic carbocycles. The van der Waals surface area contributed by atoms with E-state index in [0.29, 0.717) is 37.0 Å². The summed E-state index contributed by atoms with van der Waals surface area (Å²) in [5.74, 6) is 1.96. The van der Waals surface area contributed by atoms with Gasteiger partial charge in [-0.15, -0.1) is 0 Å². The van der Waals surface area contributed by atoms with Crippen LogP contribution in [0.5, 0.6) is 5.75 Å². The SMILES string of the molecule is CC(C)CCC(=O)OC1(C(N)=O)CCC(CCN2CCC(c3cccc4c3CCO4)CC2)CC1. The van der Waals surface area contributed by atoms with Gasteiger partial charge in [-0.1, -0.05) is 26.0 Å². The molecule has 6 heteroatoms. The van der Waals surface area contributed by atoms with Gasteiger partial charge in [-0.25, -0.2) is 0 Å². The molecule has 6 nitrogen and oxygen atoms in total. The number of carbonyl (C=O) groups is 2.